The van der Waals surface area contributed by atoms with E-state index in [9.17, 15) is 0 Å². The Morgan fingerprint density at radius 2 is 2.00 bits per heavy atom. The Bertz CT molecular complexity index is 322. The van der Waals surface area contributed by atoms with Gasteiger partial charge < -0.3 is 10.5 Å². The summed E-state index contributed by atoms with van der Waals surface area (Å²) in [5.41, 5.74) is 6.57. The second-order valence-electron chi connectivity index (χ2n) is 7.69. The molecule has 0 amide bonds. The van der Waals surface area contributed by atoms with Crippen LogP contribution in [0.5, 0.6) is 0 Å². The number of hydrogen-bond donors (Lipinski definition) is 1. The first kappa shape index (κ1) is 17.2. The SMILES string of the molecule is CCCC1CCCC(CN)(N2CCCC(C)(OC)C2)CC1. The maximum Gasteiger partial charge on any atom is 0.0777 e. The molecule has 2 aliphatic rings. The first-order valence-electron chi connectivity index (χ1n) is 9.08. The summed E-state index contributed by atoms with van der Waals surface area (Å²) in [5.74, 6) is 0.932. The number of hydrogen-bond acceptors (Lipinski definition) is 3. The Balaban J connectivity index is 2.06. The van der Waals surface area contributed by atoms with Crippen LogP contribution in [0.15, 0.2) is 0 Å². The van der Waals surface area contributed by atoms with Crippen molar-refractivity contribution in [3.63, 3.8) is 0 Å². The fraction of sp³-hybridized carbons (Fsp3) is 1.00. The lowest BCUT2D eigenvalue weighted by Crippen LogP contribution is -2.60. The van der Waals surface area contributed by atoms with Gasteiger partial charge in [0.2, 0.25) is 0 Å². The summed E-state index contributed by atoms with van der Waals surface area (Å²) in [6, 6.07) is 0. The quantitative estimate of drug-likeness (QED) is 0.788. The fourth-order valence-electron chi connectivity index (χ4n) is 4.59. The zero-order valence-corrected chi connectivity index (χ0v) is 14.5. The fourth-order valence-corrected chi connectivity index (χ4v) is 4.59. The highest BCUT2D eigenvalue weighted by atomic mass is 16.5. The van der Waals surface area contributed by atoms with Crippen LogP contribution in [0, 0.1) is 5.92 Å². The van der Waals surface area contributed by atoms with Crippen molar-refractivity contribution >= 4 is 0 Å². The number of nitrogens with zero attached hydrogens (tertiary/aromatic N) is 1. The molecule has 3 nitrogen and oxygen atoms in total. The molecule has 3 unspecified atom stereocenters. The van der Waals surface area contributed by atoms with Gasteiger partial charge in [-0.05, 0) is 51.5 Å². The van der Waals surface area contributed by atoms with E-state index in [4.69, 9.17) is 10.5 Å². The number of likely N-dealkylation sites (tertiary alicyclic amines) is 1. The molecule has 0 aromatic rings. The third kappa shape index (κ3) is 4.00. The minimum absolute atomic E-state index is 0.0234. The molecule has 0 bridgehead atoms. The zero-order chi connectivity index (χ0) is 15.3. The van der Waals surface area contributed by atoms with Gasteiger partial charge in [-0.25, -0.2) is 0 Å². The van der Waals surface area contributed by atoms with Crippen LogP contribution in [0.25, 0.3) is 0 Å². The number of nitrogens with two attached hydrogens (primary N) is 1. The van der Waals surface area contributed by atoms with E-state index < -0.39 is 0 Å². The Morgan fingerprint density at radius 3 is 2.67 bits per heavy atom. The summed E-state index contributed by atoms with van der Waals surface area (Å²) in [7, 11) is 1.86. The highest BCUT2D eigenvalue weighted by molar-refractivity contribution is 4.99. The molecular weight excluding hydrogens is 260 g/mol. The molecule has 3 heteroatoms. The maximum absolute atomic E-state index is 6.31. The van der Waals surface area contributed by atoms with E-state index in [2.05, 4.69) is 18.7 Å². The van der Waals surface area contributed by atoms with Crippen LogP contribution in [0.3, 0.4) is 0 Å². The van der Waals surface area contributed by atoms with Crippen LogP contribution in [-0.2, 0) is 4.74 Å². The molecule has 0 radical (unpaired) electrons. The van der Waals surface area contributed by atoms with E-state index >= 15 is 0 Å². The Labute approximate surface area is 131 Å². The van der Waals surface area contributed by atoms with E-state index in [1.807, 2.05) is 7.11 Å². The molecule has 1 saturated heterocycles. The molecular formula is C18H36N2O. The summed E-state index contributed by atoms with van der Waals surface area (Å²) in [6.45, 7) is 7.65. The van der Waals surface area contributed by atoms with Crippen molar-refractivity contribution in [3.05, 3.63) is 0 Å². The van der Waals surface area contributed by atoms with Crippen LogP contribution in [0.1, 0.15) is 71.6 Å². The van der Waals surface area contributed by atoms with Crippen molar-refractivity contribution in [1.82, 2.24) is 4.90 Å². The number of ether oxygens (including phenoxy) is 1. The molecule has 1 aliphatic carbocycles. The summed E-state index contributed by atoms with van der Waals surface area (Å²) in [6.07, 6.45) is 11.8. The highest BCUT2D eigenvalue weighted by Crippen LogP contribution is 2.39. The molecule has 2 rings (SSSR count). The molecule has 0 aromatic carbocycles. The van der Waals surface area contributed by atoms with Crippen LogP contribution < -0.4 is 5.73 Å². The van der Waals surface area contributed by atoms with Gasteiger partial charge >= 0.3 is 0 Å². The Hall–Kier alpha value is -0.120. The van der Waals surface area contributed by atoms with Crippen LogP contribution >= 0.6 is 0 Å². The van der Waals surface area contributed by atoms with Gasteiger partial charge in [-0.3, -0.25) is 4.90 Å². The van der Waals surface area contributed by atoms with Gasteiger partial charge in [0.1, 0.15) is 0 Å². The third-order valence-electron chi connectivity index (χ3n) is 6.17. The molecule has 21 heavy (non-hydrogen) atoms. The first-order chi connectivity index (χ1) is 10.1. The van der Waals surface area contributed by atoms with Gasteiger partial charge in [-0.2, -0.15) is 0 Å². The molecule has 124 valence electrons. The second-order valence-corrected chi connectivity index (χ2v) is 7.69. The van der Waals surface area contributed by atoms with Gasteiger partial charge in [0.25, 0.3) is 0 Å². The number of rotatable bonds is 5. The lowest BCUT2D eigenvalue weighted by atomic mass is 9.83. The van der Waals surface area contributed by atoms with Gasteiger partial charge in [0.05, 0.1) is 5.60 Å². The monoisotopic (exact) mass is 296 g/mol. The van der Waals surface area contributed by atoms with Gasteiger partial charge in [-0.1, -0.05) is 32.6 Å². The molecule has 2 N–H and O–H groups in total. The minimum Gasteiger partial charge on any atom is -0.377 e. The number of piperidine rings is 1. The summed E-state index contributed by atoms with van der Waals surface area (Å²) < 4.78 is 5.80. The molecule has 3 atom stereocenters. The van der Waals surface area contributed by atoms with E-state index in [1.54, 1.807) is 0 Å². The molecule has 2 fully saturated rings. The number of methoxy groups -OCH3 is 1. The summed E-state index contributed by atoms with van der Waals surface area (Å²) in [5, 5.41) is 0. The van der Waals surface area contributed by atoms with Crippen molar-refractivity contribution in [2.24, 2.45) is 11.7 Å². The predicted molar refractivity (Wildman–Crippen MR) is 89.5 cm³/mol. The van der Waals surface area contributed by atoms with E-state index in [-0.39, 0.29) is 11.1 Å². The minimum atomic E-state index is 0.0234. The Morgan fingerprint density at radius 1 is 1.19 bits per heavy atom. The Kier molecular flexibility index (Phi) is 6.10. The van der Waals surface area contributed by atoms with Gasteiger partial charge in [0, 0.05) is 25.7 Å². The van der Waals surface area contributed by atoms with Crippen molar-refractivity contribution in [3.8, 4) is 0 Å². The van der Waals surface area contributed by atoms with Crippen molar-refractivity contribution in [2.75, 3.05) is 26.7 Å². The summed E-state index contributed by atoms with van der Waals surface area (Å²) >= 11 is 0. The molecule has 1 saturated carbocycles. The van der Waals surface area contributed by atoms with Crippen molar-refractivity contribution in [1.29, 1.82) is 0 Å². The van der Waals surface area contributed by atoms with Gasteiger partial charge in [-0.15, -0.1) is 0 Å². The van der Waals surface area contributed by atoms with E-state index in [0.717, 1.165) is 19.0 Å². The first-order valence-corrected chi connectivity index (χ1v) is 9.08. The largest absolute Gasteiger partial charge is 0.377 e. The lowest BCUT2D eigenvalue weighted by molar-refractivity contribution is -0.0832. The lowest BCUT2D eigenvalue weighted by Gasteiger charge is -2.50. The van der Waals surface area contributed by atoms with Crippen molar-refractivity contribution < 1.29 is 4.74 Å². The summed E-state index contributed by atoms with van der Waals surface area (Å²) in [4.78, 5) is 2.69. The van der Waals surface area contributed by atoms with Crippen LogP contribution in [0.2, 0.25) is 0 Å². The van der Waals surface area contributed by atoms with Crippen molar-refractivity contribution in [2.45, 2.75) is 82.8 Å². The average molecular weight is 296 g/mol. The van der Waals surface area contributed by atoms with Crippen LogP contribution in [0.4, 0.5) is 0 Å². The molecule has 0 aromatic heterocycles. The predicted octanol–water partition coefficient (Wildman–Crippen LogP) is 3.57. The van der Waals surface area contributed by atoms with Crippen LogP contribution in [-0.4, -0.2) is 42.8 Å². The maximum atomic E-state index is 6.31. The normalized spacial score (nSPS) is 39.1. The molecule has 0 spiro atoms. The topological polar surface area (TPSA) is 38.5 Å². The highest BCUT2D eigenvalue weighted by Gasteiger charge is 2.42. The third-order valence-corrected chi connectivity index (χ3v) is 6.17. The average Bonchev–Trinajstić information content (AvgIpc) is 2.71. The standard InChI is InChI=1S/C18H36N2O/c1-4-7-16-8-5-11-18(14-19,12-9-16)20-13-6-10-17(2,15-20)21-3/h16H,4-15,19H2,1-3H3. The van der Waals surface area contributed by atoms with E-state index in [0.29, 0.717) is 0 Å². The zero-order valence-electron chi connectivity index (χ0n) is 14.5. The van der Waals surface area contributed by atoms with Gasteiger partial charge in [0.15, 0.2) is 0 Å². The van der Waals surface area contributed by atoms with E-state index in [1.165, 1.54) is 64.3 Å². The molecule has 1 aliphatic heterocycles. The second kappa shape index (κ2) is 7.43. The molecule has 1 heterocycles. The smallest absolute Gasteiger partial charge is 0.0777 e.